The predicted octanol–water partition coefficient (Wildman–Crippen LogP) is 5.88. The highest BCUT2D eigenvalue weighted by Crippen LogP contribution is 2.44. The Morgan fingerprint density at radius 3 is 2.65 bits per heavy atom. The number of amides is 2. The molecule has 5 nitrogen and oxygen atoms in total. The van der Waals surface area contributed by atoms with E-state index < -0.39 is 0 Å². The van der Waals surface area contributed by atoms with Crippen molar-refractivity contribution in [2.45, 2.75) is 12.3 Å². The number of rotatable bonds is 6. The van der Waals surface area contributed by atoms with Crippen molar-refractivity contribution in [3.05, 3.63) is 88.4 Å². The van der Waals surface area contributed by atoms with Gasteiger partial charge in [-0.05, 0) is 55.0 Å². The molecular formula is C24H21BrN2O3S. The van der Waals surface area contributed by atoms with Crippen LogP contribution in [0.3, 0.4) is 0 Å². The summed E-state index contributed by atoms with van der Waals surface area (Å²) in [5.74, 6) is 0.983. The third-order valence-corrected chi connectivity index (χ3v) is 6.54. The molecule has 1 aliphatic rings. The minimum Gasteiger partial charge on any atom is -0.492 e. The number of carbonyl (C=O) groups is 2. The van der Waals surface area contributed by atoms with Crippen molar-refractivity contribution in [1.82, 2.24) is 0 Å². The number of para-hydroxylation sites is 2. The van der Waals surface area contributed by atoms with Crippen LogP contribution in [0.1, 0.15) is 28.2 Å². The summed E-state index contributed by atoms with van der Waals surface area (Å²) in [6, 6.07) is 22.5. The summed E-state index contributed by atoms with van der Waals surface area (Å²) in [6.45, 7) is 2.46. The molecule has 0 bridgehead atoms. The number of hydrogen-bond donors (Lipinski definition) is 1. The van der Waals surface area contributed by atoms with Crippen LogP contribution in [0.4, 0.5) is 11.4 Å². The van der Waals surface area contributed by atoms with E-state index >= 15 is 0 Å². The Balaban J connectivity index is 1.54. The molecule has 1 N–H and O–H groups in total. The summed E-state index contributed by atoms with van der Waals surface area (Å²) in [5, 5.41) is 2.76. The normalized spacial score (nSPS) is 15.7. The van der Waals surface area contributed by atoms with Gasteiger partial charge < -0.3 is 10.1 Å². The maximum absolute atomic E-state index is 12.7. The van der Waals surface area contributed by atoms with Gasteiger partial charge in [-0.15, -0.1) is 11.8 Å². The Hall–Kier alpha value is -2.77. The Kier molecular flexibility index (Phi) is 6.63. The van der Waals surface area contributed by atoms with Gasteiger partial charge in [-0.25, -0.2) is 0 Å². The second kappa shape index (κ2) is 9.58. The summed E-state index contributed by atoms with van der Waals surface area (Å²) in [4.78, 5) is 27.0. The molecule has 1 fully saturated rings. The van der Waals surface area contributed by atoms with Gasteiger partial charge in [0.25, 0.3) is 5.91 Å². The zero-order valence-corrected chi connectivity index (χ0v) is 19.3. The molecule has 4 rings (SSSR count). The second-order valence-electron chi connectivity index (χ2n) is 6.91. The van der Waals surface area contributed by atoms with E-state index in [2.05, 4.69) is 21.2 Å². The summed E-state index contributed by atoms with van der Waals surface area (Å²) >= 11 is 4.96. The lowest BCUT2D eigenvalue weighted by Crippen LogP contribution is -2.28. The highest BCUT2D eigenvalue weighted by atomic mass is 79.9. The van der Waals surface area contributed by atoms with Gasteiger partial charge in [0.2, 0.25) is 5.91 Å². The van der Waals surface area contributed by atoms with E-state index in [1.54, 1.807) is 28.8 Å². The van der Waals surface area contributed by atoms with Crippen LogP contribution in [0.25, 0.3) is 0 Å². The van der Waals surface area contributed by atoms with E-state index in [1.807, 2.05) is 67.6 Å². The lowest BCUT2D eigenvalue weighted by atomic mass is 10.1. The van der Waals surface area contributed by atoms with E-state index in [1.165, 1.54) is 0 Å². The average molecular weight is 497 g/mol. The summed E-state index contributed by atoms with van der Waals surface area (Å²) in [7, 11) is 0. The molecule has 0 aliphatic carbocycles. The molecule has 0 aromatic heterocycles. The fraction of sp³-hybridized carbons (Fsp3) is 0.167. The molecule has 2 amide bonds. The topological polar surface area (TPSA) is 58.6 Å². The van der Waals surface area contributed by atoms with Crippen molar-refractivity contribution in [2.75, 3.05) is 22.6 Å². The molecule has 1 unspecified atom stereocenters. The Morgan fingerprint density at radius 2 is 1.90 bits per heavy atom. The number of nitrogens with zero attached hydrogens (tertiary/aromatic N) is 1. The van der Waals surface area contributed by atoms with Crippen molar-refractivity contribution < 1.29 is 14.3 Å². The second-order valence-corrected chi connectivity index (χ2v) is 8.90. The van der Waals surface area contributed by atoms with Gasteiger partial charge in [-0.3, -0.25) is 14.5 Å². The molecule has 0 spiro atoms. The van der Waals surface area contributed by atoms with Gasteiger partial charge in [-0.1, -0.05) is 46.3 Å². The van der Waals surface area contributed by atoms with Gasteiger partial charge in [0.15, 0.2) is 0 Å². The minimum atomic E-state index is -0.174. The molecule has 7 heteroatoms. The van der Waals surface area contributed by atoms with E-state index in [-0.39, 0.29) is 17.2 Å². The Morgan fingerprint density at radius 1 is 1.13 bits per heavy atom. The van der Waals surface area contributed by atoms with Crippen molar-refractivity contribution in [2.24, 2.45) is 0 Å². The summed E-state index contributed by atoms with van der Waals surface area (Å²) < 4.78 is 6.59. The third-order valence-electron chi connectivity index (χ3n) is 4.83. The number of hydrogen-bond acceptors (Lipinski definition) is 4. The fourth-order valence-corrected chi connectivity index (χ4v) is 5.00. The first-order valence-corrected chi connectivity index (χ1v) is 11.7. The van der Waals surface area contributed by atoms with Crippen molar-refractivity contribution in [1.29, 1.82) is 0 Å². The highest BCUT2D eigenvalue weighted by molar-refractivity contribution is 9.10. The molecule has 3 aromatic carbocycles. The van der Waals surface area contributed by atoms with Gasteiger partial charge >= 0.3 is 0 Å². The smallest absolute Gasteiger partial charge is 0.255 e. The first-order chi connectivity index (χ1) is 15.1. The molecular weight excluding hydrogens is 476 g/mol. The molecule has 1 atom stereocenters. The van der Waals surface area contributed by atoms with Crippen LogP contribution in [0.15, 0.2) is 77.3 Å². The van der Waals surface area contributed by atoms with Crippen molar-refractivity contribution >= 4 is 50.9 Å². The van der Waals surface area contributed by atoms with E-state index in [4.69, 9.17) is 4.74 Å². The van der Waals surface area contributed by atoms with Gasteiger partial charge in [0, 0.05) is 15.7 Å². The number of thioether (sulfide) groups is 1. The first-order valence-electron chi connectivity index (χ1n) is 9.89. The molecule has 1 heterocycles. The van der Waals surface area contributed by atoms with Crippen LogP contribution >= 0.6 is 27.7 Å². The maximum atomic E-state index is 12.7. The number of ether oxygens (including phenoxy) is 1. The molecule has 31 heavy (non-hydrogen) atoms. The van der Waals surface area contributed by atoms with Gasteiger partial charge in [0.1, 0.15) is 11.1 Å². The molecule has 1 aliphatic heterocycles. The van der Waals surface area contributed by atoms with Gasteiger partial charge in [-0.2, -0.15) is 0 Å². The zero-order chi connectivity index (χ0) is 21.8. The molecule has 3 aromatic rings. The number of benzene rings is 3. The standard InChI is InChI=1S/C24H21BrN2O3S/c1-2-30-21-9-4-3-8-20(21)27-22(28)15-31-24(27)16-10-12-19(13-11-16)26-23(29)17-6-5-7-18(25)14-17/h3-14,24H,2,15H2,1H3,(H,26,29). The largest absolute Gasteiger partial charge is 0.492 e. The third kappa shape index (κ3) is 4.78. The lowest BCUT2D eigenvalue weighted by Gasteiger charge is -2.26. The quantitative estimate of drug-likeness (QED) is 0.462. The SMILES string of the molecule is CCOc1ccccc1N1C(=O)CSC1c1ccc(NC(=O)c2cccc(Br)c2)cc1. The van der Waals surface area contributed by atoms with E-state index in [9.17, 15) is 9.59 Å². The van der Waals surface area contributed by atoms with Crippen LogP contribution in [0.5, 0.6) is 5.75 Å². The van der Waals surface area contributed by atoms with E-state index in [0.29, 0.717) is 29.4 Å². The maximum Gasteiger partial charge on any atom is 0.255 e. The Labute approximate surface area is 193 Å². The minimum absolute atomic E-state index is 0.0502. The molecule has 1 saturated heterocycles. The molecule has 0 radical (unpaired) electrons. The Bertz CT molecular complexity index is 1100. The first kappa shape index (κ1) is 21.5. The lowest BCUT2D eigenvalue weighted by molar-refractivity contribution is -0.115. The number of anilines is 2. The van der Waals surface area contributed by atoms with Crippen molar-refractivity contribution in [3.8, 4) is 5.75 Å². The molecule has 0 saturated carbocycles. The predicted molar refractivity (Wildman–Crippen MR) is 129 cm³/mol. The number of carbonyl (C=O) groups excluding carboxylic acids is 2. The van der Waals surface area contributed by atoms with Crippen LogP contribution < -0.4 is 15.0 Å². The number of nitrogens with one attached hydrogen (secondary N) is 1. The average Bonchev–Trinajstić information content (AvgIpc) is 3.16. The zero-order valence-electron chi connectivity index (χ0n) is 16.9. The van der Waals surface area contributed by atoms with Crippen molar-refractivity contribution in [3.63, 3.8) is 0 Å². The van der Waals surface area contributed by atoms with E-state index in [0.717, 1.165) is 15.7 Å². The van der Waals surface area contributed by atoms with Crippen LogP contribution in [-0.4, -0.2) is 24.2 Å². The fourth-order valence-electron chi connectivity index (χ4n) is 3.43. The summed E-state index contributed by atoms with van der Waals surface area (Å²) in [6.07, 6.45) is 0. The van der Waals surface area contributed by atoms with Gasteiger partial charge in [0.05, 0.1) is 18.0 Å². The highest BCUT2D eigenvalue weighted by Gasteiger charge is 2.35. The number of halogens is 1. The van der Waals surface area contributed by atoms with Crippen LogP contribution in [-0.2, 0) is 4.79 Å². The monoisotopic (exact) mass is 496 g/mol. The molecule has 158 valence electrons. The summed E-state index contributed by atoms with van der Waals surface area (Å²) in [5.41, 5.74) is 3.04. The van der Waals surface area contributed by atoms with Crippen LogP contribution in [0, 0.1) is 0 Å². The van der Waals surface area contributed by atoms with Crippen LogP contribution in [0.2, 0.25) is 0 Å².